The third-order valence-corrected chi connectivity index (χ3v) is 5.15. The maximum atomic E-state index is 6.15. The van der Waals surface area contributed by atoms with Crippen LogP contribution in [-0.2, 0) is 11.3 Å². The Morgan fingerprint density at radius 1 is 0.923 bits per heavy atom. The molecule has 0 radical (unpaired) electrons. The molecule has 0 amide bonds. The van der Waals surface area contributed by atoms with E-state index in [0.29, 0.717) is 6.61 Å². The number of hydrogen-bond acceptors (Lipinski definition) is 3. The van der Waals surface area contributed by atoms with Crippen LogP contribution in [-0.4, -0.2) is 31.1 Å². The third kappa shape index (κ3) is 4.17. The Kier molecular flexibility index (Phi) is 5.68. The fourth-order valence-electron chi connectivity index (χ4n) is 3.74. The van der Waals surface area contributed by atoms with Gasteiger partial charge in [-0.2, -0.15) is 0 Å². The van der Waals surface area contributed by atoms with Crippen molar-refractivity contribution < 1.29 is 9.15 Å². The first-order valence-electron chi connectivity index (χ1n) is 9.77. The van der Waals surface area contributed by atoms with Gasteiger partial charge in [-0.05, 0) is 38.4 Å². The highest BCUT2D eigenvalue weighted by molar-refractivity contribution is 5.85. The Balaban J connectivity index is 1.35. The summed E-state index contributed by atoms with van der Waals surface area (Å²) in [6.45, 7) is 5.09. The number of hydrogen-bond donors (Lipinski definition) is 0. The van der Waals surface area contributed by atoms with E-state index in [1.54, 1.807) is 0 Å². The summed E-state index contributed by atoms with van der Waals surface area (Å²) < 4.78 is 12.1. The first kappa shape index (κ1) is 17.3. The molecular weight excluding hydrogens is 322 g/mol. The largest absolute Gasteiger partial charge is 0.456 e. The zero-order valence-electron chi connectivity index (χ0n) is 15.3. The van der Waals surface area contributed by atoms with Gasteiger partial charge in [0.1, 0.15) is 11.3 Å². The molecule has 2 aromatic carbocycles. The maximum Gasteiger partial charge on any atom is 0.140 e. The monoisotopic (exact) mass is 349 g/mol. The Bertz CT molecular complexity index is 819. The van der Waals surface area contributed by atoms with Gasteiger partial charge < -0.3 is 14.1 Å². The van der Waals surface area contributed by atoms with Gasteiger partial charge in [0.25, 0.3) is 0 Å². The summed E-state index contributed by atoms with van der Waals surface area (Å²) in [4.78, 5) is 2.56. The lowest BCUT2D eigenvalue weighted by atomic mass is 10.1. The lowest BCUT2D eigenvalue weighted by molar-refractivity contribution is 0.105. The van der Waals surface area contributed by atoms with Crippen molar-refractivity contribution in [3.8, 4) is 11.3 Å². The van der Waals surface area contributed by atoms with Crippen molar-refractivity contribution in [3.05, 3.63) is 60.2 Å². The second kappa shape index (κ2) is 8.52. The first-order chi connectivity index (χ1) is 12.9. The minimum atomic E-state index is 0.610. The summed E-state index contributed by atoms with van der Waals surface area (Å²) >= 11 is 0. The quantitative estimate of drug-likeness (QED) is 0.527. The minimum absolute atomic E-state index is 0.610. The molecule has 0 spiro atoms. The molecule has 136 valence electrons. The summed E-state index contributed by atoms with van der Waals surface area (Å²) in [6.07, 6.45) is 5.20. The second-order valence-corrected chi connectivity index (χ2v) is 7.12. The lowest BCUT2D eigenvalue weighted by Crippen LogP contribution is -2.31. The number of furan rings is 1. The van der Waals surface area contributed by atoms with E-state index in [0.717, 1.165) is 47.4 Å². The molecule has 1 aliphatic heterocycles. The normalized spacial score (nSPS) is 15.5. The number of likely N-dealkylation sites (tertiary alicyclic amines) is 1. The zero-order valence-corrected chi connectivity index (χ0v) is 15.3. The highest BCUT2D eigenvalue weighted by atomic mass is 16.5. The van der Waals surface area contributed by atoms with Crippen LogP contribution >= 0.6 is 0 Å². The molecule has 1 saturated heterocycles. The molecule has 0 bridgehead atoms. The highest BCUT2D eigenvalue weighted by Gasteiger charge is 2.11. The predicted molar refractivity (Wildman–Crippen MR) is 106 cm³/mol. The van der Waals surface area contributed by atoms with E-state index < -0.39 is 0 Å². The van der Waals surface area contributed by atoms with Gasteiger partial charge in [-0.3, -0.25) is 0 Å². The Labute approximate surface area is 155 Å². The molecule has 0 unspecified atom stereocenters. The zero-order chi connectivity index (χ0) is 17.6. The van der Waals surface area contributed by atoms with Crippen molar-refractivity contribution >= 4 is 11.0 Å². The number of rotatable bonds is 7. The van der Waals surface area contributed by atoms with Crippen molar-refractivity contribution in [3.63, 3.8) is 0 Å². The van der Waals surface area contributed by atoms with Gasteiger partial charge in [-0.25, -0.2) is 0 Å². The first-order valence-corrected chi connectivity index (χ1v) is 9.77. The van der Waals surface area contributed by atoms with Gasteiger partial charge in [-0.1, -0.05) is 55.0 Å². The summed E-state index contributed by atoms with van der Waals surface area (Å²) in [7, 11) is 0. The maximum absolute atomic E-state index is 6.15. The molecule has 4 rings (SSSR count). The molecule has 1 fully saturated rings. The van der Waals surface area contributed by atoms with E-state index in [4.69, 9.17) is 9.15 Å². The minimum Gasteiger partial charge on any atom is -0.456 e. The predicted octanol–water partition coefficient (Wildman–Crippen LogP) is 5.49. The van der Waals surface area contributed by atoms with Crippen LogP contribution in [0.1, 0.15) is 31.2 Å². The second-order valence-electron chi connectivity index (χ2n) is 7.12. The van der Waals surface area contributed by atoms with Crippen LogP contribution in [0.15, 0.2) is 59.0 Å². The molecule has 0 atom stereocenters. The van der Waals surface area contributed by atoms with Crippen molar-refractivity contribution in [2.24, 2.45) is 0 Å². The van der Waals surface area contributed by atoms with Gasteiger partial charge in [0.15, 0.2) is 0 Å². The summed E-state index contributed by atoms with van der Waals surface area (Å²) in [5.74, 6) is 0.915. The van der Waals surface area contributed by atoms with Crippen LogP contribution in [0, 0.1) is 0 Å². The lowest BCUT2D eigenvalue weighted by Gasteiger charge is -2.26. The fraction of sp³-hybridized carbons (Fsp3) is 0.391. The van der Waals surface area contributed by atoms with E-state index in [2.05, 4.69) is 41.3 Å². The molecule has 0 saturated carbocycles. The number of ether oxygens (including phenoxy) is 1. The molecule has 1 aromatic heterocycles. The third-order valence-electron chi connectivity index (χ3n) is 5.15. The summed E-state index contributed by atoms with van der Waals surface area (Å²) in [5, 5.41) is 1.14. The number of benzene rings is 2. The summed E-state index contributed by atoms with van der Waals surface area (Å²) in [6, 6.07) is 18.7. The van der Waals surface area contributed by atoms with Crippen molar-refractivity contribution in [1.82, 2.24) is 4.90 Å². The average Bonchev–Trinajstić information content (AvgIpc) is 3.14. The molecule has 0 N–H and O–H groups in total. The molecule has 2 heterocycles. The number of fused-ring (bicyclic) bond motifs is 1. The molecule has 0 aliphatic carbocycles. The Morgan fingerprint density at radius 2 is 1.77 bits per heavy atom. The Hall–Kier alpha value is -2.10. The van der Waals surface area contributed by atoms with E-state index >= 15 is 0 Å². The van der Waals surface area contributed by atoms with Crippen LogP contribution in [0.4, 0.5) is 0 Å². The highest BCUT2D eigenvalue weighted by Crippen LogP contribution is 2.30. The van der Waals surface area contributed by atoms with Crippen LogP contribution in [0.2, 0.25) is 0 Å². The van der Waals surface area contributed by atoms with E-state index in [1.807, 2.05) is 18.2 Å². The molecule has 3 aromatic rings. The summed E-state index contributed by atoms with van der Waals surface area (Å²) in [5.41, 5.74) is 3.18. The smallest absolute Gasteiger partial charge is 0.140 e. The number of piperidine rings is 1. The van der Waals surface area contributed by atoms with E-state index in [9.17, 15) is 0 Å². The average molecular weight is 349 g/mol. The van der Waals surface area contributed by atoms with Crippen molar-refractivity contribution in [1.29, 1.82) is 0 Å². The SMILES string of the molecule is c1ccc(-c2cc3cccc(COCCCN4CCCCC4)c3o2)cc1. The van der Waals surface area contributed by atoms with Crippen molar-refractivity contribution in [2.45, 2.75) is 32.3 Å². The van der Waals surface area contributed by atoms with E-state index in [-0.39, 0.29) is 0 Å². The molecule has 3 heteroatoms. The van der Waals surface area contributed by atoms with E-state index in [1.165, 1.54) is 32.4 Å². The standard InChI is InChI=1S/C23H27NO2/c1-3-9-19(10-4-1)22-17-20-11-7-12-21(23(20)26-22)18-25-16-8-15-24-13-5-2-6-14-24/h1,3-4,7,9-12,17H,2,5-6,8,13-16,18H2. The fourth-order valence-corrected chi connectivity index (χ4v) is 3.74. The molecule has 3 nitrogen and oxygen atoms in total. The van der Waals surface area contributed by atoms with Gasteiger partial charge in [-0.15, -0.1) is 0 Å². The van der Waals surface area contributed by atoms with Crippen molar-refractivity contribution in [2.75, 3.05) is 26.2 Å². The molecular formula is C23H27NO2. The topological polar surface area (TPSA) is 25.6 Å². The molecule has 1 aliphatic rings. The van der Waals surface area contributed by atoms with Gasteiger partial charge >= 0.3 is 0 Å². The van der Waals surface area contributed by atoms with Gasteiger partial charge in [0.2, 0.25) is 0 Å². The van der Waals surface area contributed by atoms with Gasteiger partial charge in [0.05, 0.1) is 6.61 Å². The van der Waals surface area contributed by atoms with Gasteiger partial charge in [0, 0.05) is 29.7 Å². The number of nitrogens with zero attached hydrogens (tertiary/aromatic N) is 1. The van der Waals surface area contributed by atoms with Crippen LogP contribution in [0.25, 0.3) is 22.3 Å². The Morgan fingerprint density at radius 3 is 2.62 bits per heavy atom. The van der Waals surface area contributed by atoms with Crippen LogP contribution < -0.4 is 0 Å². The molecule has 26 heavy (non-hydrogen) atoms. The van der Waals surface area contributed by atoms with Crippen LogP contribution in [0.3, 0.4) is 0 Å². The number of para-hydroxylation sites is 1. The van der Waals surface area contributed by atoms with Crippen LogP contribution in [0.5, 0.6) is 0 Å².